The molecule has 1 aromatic heterocycles. The molecule has 0 aliphatic rings. The maximum atomic E-state index is 11.9. The zero-order valence-corrected chi connectivity index (χ0v) is 11.4. The average molecular weight is 272 g/mol. The van der Waals surface area contributed by atoms with Crippen molar-refractivity contribution < 1.29 is 9.53 Å². The Morgan fingerprint density at radius 1 is 1.30 bits per heavy atom. The molecule has 0 atom stereocenters. The van der Waals surface area contributed by atoms with Gasteiger partial charge < -0.3 is 15.8 Å². The summed E-state index contributed by atoms with van der Waals surface area (Å²) in [5.74, 6) is 0.571. The zero-order chi connectivity index (χ0) is 14.5. The fraction of sp³-hybridized carbons (Fsp3) is 0.214. The third-order valence-corrected chi connectivity index (χ3v) is 2.76. The molecular weight excluding hydrogens is 256 g/mol. The van der Waals surface area contributed by atoms with E-state index in [1.807, 2.05) is 30.3 Å². The number of aromatic nitrogens is 2. The number of nitrogens with zero attached hydrogens (tertiary/aromatic N) is 2. The molecule has 0 saturated heterocycles. The second-order valence-electron chi connectivity index (χ2n) is 4.17. The highest BCUT2D eigenvalue weighted by atomic mass is 16.5. The van der Waals surface area contributed by atoms with Crippen LogP contribution in [0.1, 0.15) is 21.7 Å². The monoisotopic (exact) mass is 272 g/mol. The Kier molecular flexibility index (Phi) is 4.14. The summed E-state index contributed by atoms with van der Waals surface area (Å²) in [5, 5.41) is 2.56. The number of nitrogens with two attached hydrogens (primary N) is 1. The lowest BCUT2D eigenvalue weighted by Gasteiger charge is -2.12. The van der Waals surface area contributed by atoms with Crippen molar-refractivity contribution in [3.05, 3.63) is 47.3 Å². The maximum Gasteiger partial charge on any atom is 0.254 e. The van der Waals surface area contributed by atoms with Crippen LogP contribution in [-0.4, -0.2) is 22.9 Å². The number of rotatable bonds is 4. The van der Waals surface area contributed by atoms with Crippen LogP contribution < -0.4 is 15.8 Å². The van der Waals surface area contributed by atoms with Gasteiger partial charge in [0.1, 0.15) is 12.4 Å². The van der Waals surface area contributed by atoms with Crippen LogP contribution in [0.3, 0.4) is 0 Å². The Balaban J connectivity index is 2.28. The van der Waals surface area contributed by atoms with Gasteiger partial charge in [-0.15, -0.1) is 0 Å². The fourth-order valence-electron chi connectivity index (χ4n) is 1.85. The normalized spacial score (nSPS) is 10.1. The Morgan fingerprint density at radius 3 is 2.65 bits per heavy atom. The molecule has 2 aromatic rings. The number of para-hydroxylation sites is 1. The molecule has 6 heteroatoms. The number of hydrogen-bond donors (Lipinski definition) is 2. The predicted molar refractivity (Wildman–Crippen MR) is 75.3 cm³/mol. The lowest BCUT2D eigenvalue weighted by molar-refractivity contribution is 0.0959. The van der Waals surface area contributed by atoms with Crippen LogP contribution >= 0.6 is 0 Å². The summed E-state index contributed by atoms with van der Waals surface area (Å²) in [6.45, 7) is 1.87. The summed E-state index contributed by atoms with van der Waals surface area (Å²) in [4.78, 5) is 20.0. The standard InChI is InChI=1S/C14H16N4O2/c1-9-12(13(19)16-2)11(18-14(15)17-9)8-20-10-6-4-3-5-7-10/h3-7H,8H2,1-2H3,(H,16,19)(H2,15,17,18). The van der Waals surface area contributed by atoms with Gasteiger partial charge in [0.15, 0.2) is 0 Å². The maximum absolute atomic E-state index is 11.9. The summed E-state index contributed by atoms with van der Waals surface area (Å²) >= 11 is 0. The Hall–Kier alpha value is -2.63. The molecule has 3 N–H and O–H groups in total. The van der Waals surface area contributed by atoms with E-state index in [1.54, 1.807) is 14.0 Å². The van der Waals surface area contributed by atoms with Gasteiger partial charge in [-0.25, -0.2) is 9.97 Å². The highest BCUT2D eigenvalue weighted by molar-refractivity contribution is 5.96. The number of amides is 1. The molecule has 0 bridgehead atoms. The molecule has 104 valence electrons. The van der Waals surface area contributed by atoms with E-state index in [2.05, 4.69) is 15.3 Å². The van der Waals surface area contributed by atoms with Gasteiger partial charge in [-0.05, 0) is 19.1 Å². The Bertz CT molecular complexity index is 614. The SMILES string of the molecule is CNC(=O)c1c(C)nc(N)nc1COc1ccccc1. The molecule has 1 aromatic carbocycles. The van der Waals surface area contributed by atoms with Crippen LogP contribution in [0.2, 0.25) is 0 Å². The van der Waals surface area contributed by atoms with Gasteiger partial charge in [-0.1, -0.05) is 18.2 Å². The van der Waals surface area contributed by atoms with Crippen LogP contribution in [0, 0.1) is 6.92 Å². The fourth-order valence-corrected chi connectivity index (χ4v) is 1.85. The number of aryl methyl sites for hydroxylation is 1. The van der Waals surface area contributed by atoms with Crippen molar-refractivity contribution in [2.24, 2.45) is 0 Å². The highest BCUT2D eigenvalue weighted by Crippen LogP contribution is 2.16. The number of carbonyl (C=O) groups is 1. The lowest BCUT2D eigenvalue weighted by atomic mass is 10.1. The van der Waals surface area contributed by atoms with Crippen LogP contribution in [0.5, 0.6) is 5.75 Å². The van der Waals surface area contributed by atoms with Crippen LogP contribution in [0.25, 0.3) is 0 Å². The minimum Gasteiger partial charge on any atom is -0.487 e. The molecule has 0 aliphatic carbocycles. The second kappa shape index (κ2) is 6.01. The summed E-state index contributed by atoms with van der Waals surface area (Å²) in [5.41, 5.74) is 7.03. The molecule has 20 heavy (non-hydrogen) atoms. The molecule has 1 amide bonds. The van der Waals surface area contributed by atoms with Gasteiger partial charge in [0.25, 0.3) is 5.91 Å². The summed E-state index contributed by atoms with van der Waals surface area (Å²) < 4.78 is 5.61. The molecule has 0 radical (unpaired) electrons. The number of nitrogens with one attached hydrogen (secondary N) is 1. The smallest absolute Gasteiger partial charge is 0.254 e. The number of hydrogen-bond acceptors (Lipinski definition) is 5. The van der Waals surface area contributed by atoms with E-state index in [4.69, 9.17) is 10.5 Å². The zero-order valence-electron chi connectivity index (χ0n) is 11.4. The van der Waals surface area contributed by atoms with Crippen molar-refractivity contribution in [1.82, 2.24) is 15.3 Å². The lowest BCUT2D eigenvalue weighted by Crippen LogP contribution is -2.23. The van der Waals surface area contributed by atoms with Crippen molar-refractivity contribution >= 4 is 11.9 Å². The van der Waals surface area contributed by atoms with Crippen LogP contribution in [0.15, 0.2) is 30.3 Å². The topological polar surface area (TPSA) is 90.1 Å². The first kappa shape index (κ1) is 13.8. The van der Waals surface area contributed by atoms with Gasteiger partial charge in [-0.3, -0.25) is 4.79 Å². The highest BCUT2D eigenvalue weighted by Gasteiger charge is 2.17. The van der Waals surface area contributed by atoms with Crippen LogP contribution in [0.4, 0.5) is 5.95 Å². The van der Waals surface area contributed by atoms with Crippen LogP contribution in [-0.2, 0) is 6.61 Å². The number of ether oxygens (including phenoxy) is 1. The van der Waals surface area contributed by atoms with Gasteiger partial charge in [0, 0.05) is 7.05 Å². The van der Waals surface area contributed by atoms with Gasteiger partial charge >= 0.3 is 0 Å². The third kappa shape index (κ3) is 3.03. The minimum atomic E-state index is -0.255. The average Bonchev–Trinajstić information content (AvgIpc) is 2.45. The van der Waals surface area contributed by atoms with E-state index >= 15 is 0 Å². The first-order valence-corrected chi connectivity index (χ1v) is 6.14. The molecule has 0 saturated carbocycles. The molecule has 0 spiro atoms. The quantitative estimate of drug-likeness (QED) is 0.875. The minimum absolute atomic E-state index is 0.127. The van der Waals surface area contributed by atoms with Gasteiger partial charge in [0.05, 0.1) is 17.0 Å². The van der Waals surface area contributed by atoms with Gasteiger partial charge in [-0.2, -0.15) is 0 Å². The van der Waals surface area contributed by atoms with E-state index in [1.165, 1.54) is 0 Å². The first-order chi connectivity index (χ1) is 9.61. The van der Waals surface area contributed by atoms with E-state index in [0.29, 0.717) is 22.7 Å². The Labute approximate surface area is 117 Å². The van der Waals surface area contributed by atoms with Crippen molar-refractivity contribution in [2.45, 2.75) is 13.5 Å². The van der Waals surface area contributed by atoms with Gasteiger partial charge in [0.2, 0.25) is 5.95 Å². The van der Waals surface area contributed by atoms with Crippen molar-refractivity contribution in [2.75, 3.05) is 12.8 Å². The predicted octanol–water partition coefficient (Wildman–Crippen LogP) is 1.31. The number of benzene rings is 1. The second-order valence-corrected chi connectivity index (χ2v) is 4.17. The van der Waals surface area contributed by atoms with E-state index in [9.17, 15) is 4.79 Å². The molecule has 2 rings (SSSR count). The van der Waals surface area contributed by atoms with E-state index in [-0.39, 0.29) is 18.5 Å². The molecule has 1 heterocycles. The third-order valence-electron chi connectivity index (χ3n) is 2.76. The van der Waals surface area contributed by atoms with E-state index < -0.39 is 0 Å². The molecular formula is C14H16N4O2. The molecule has 6 nitrogen and oxygen atoms in total. The van der Waals surface area contributed by atoms with Crippen molar-refractivity contribution in [1.29, 1.82) is 0 Å². The van der Waals surface area contributed by atoms with Crippen molar-refractivity contribution in [3.8, 4) is 5.75 Å². The Morgan fingerprint density at radius 2 is 2.00 bits per heavy atom. The van der Waals surface area contributed by atoms with Crippen molar-refractivity contribution in [3.63, 3.8) is 0 Å². The molecule has 0 aliphatic heterocycles. The number of carbonyl (C=O) groups excluding carboxylic acids is 1. The number of anilines is 1. The summed E-state index contributed by atoms with van der Waals surface area (Å²) in [6, 6.07) is 9.30. The molecule has 0 fully saturated rings. The largest absolute Gasteiger partial charge is 0.487 e. The summed E-state index contributed by atoms with van der Waals surface area (Å²) in [7, 11) is 1.56. The number of nitrogen functional groups attached to an aromatic ring is 1. The summed E-state index contributed by atoms with van der Waals surface area (Å²) in [6.07, 6.45) is 0. The first-order valence-electron chi connectivity index (χ1n) is 6.14. The molecule has 0 unspecified atom stereocenters. The van der Waals surface area contributed by atoms with E-state index in [0.717, 1.165) is 0 Å².